The van der Waals surface area contributed by atoms with Crippen LogP contribution in [0.5, 0.6) is 0 Å². The van der Waals surface area contributed by atoms with Crippen molar-refractivity contribution in [2.45, 2.75) is 19.9 Å². The Morgan fingerprint density at radius 2 is 2.00 bits per heavy atom. The van der Waals surface area contributed by atoms with Gasteiger partial charge in [0.15, 0.2) is 0 Å². The van der Waals surface area contributed by atoms with Crippen molar-refractivity contribution in [3.63, 3.8) is 0 Å². The van der Waals surface area contributed by atoms with Crippen molar-refractivity contribution < 1.29 is 14.5 Å². The van der Waals surface area contributed by atoms with Crippen LogP contribution in [0.3, 0.4) is 0 Å². The lowest BCUT2D eigenvalue weighted by Gasteiger charge is -2.35. The first-order valence-corrected chi connectivity index (χ1v) is 12.6. The molecule has 1 aliphatic rings. The Balaban J connectivity index is 1.35. The lowest BCUT2D eigenvalue weighted by atomic mass is 10.1. The molecule has 0 bridgehead atoms. The van der Waals surface area contributed by atoms with Gasteiger partial charge in [0.25, 0.3) is 5.69 Å². The monoisotopic (exact) mass is 508 g/mol. The van der Waals surface area contributed by atoms with Crippen molar-refractivity contribution >= 4 is 40.0 Å². The molecule has 0 aliphatic carbocycles. The Bertz CT molecular complexity index is 1210. The summed E-state index contributed by atoms with van der Waals surface area (Å²) in [4.78, 5) is 31.8. The number of benzene rings is 2. The van der Waals surface area contributed by atoms with Crippen molar-refractivity contribution in [1.82, 2.24) is 9.88 Å². The summed E-state index contributed by atoms with van der Waals surface area (Å²) in [7, 11) is 0. The second kappa shape index (κ2) is 12.2. The summed E-state index contributed by atoms with van der Waals surface area (Å²) < 4.78 is 4.92. The number of anilines is 2. The summed E-state index contributed by atoms with van der Waals surface area (Å²) in [5.41, 5.74) is 5.95. The van der Waals surface area contributed by atoms with Crippen molar-refractivity contribution in [1.29, 1.82) is 0 Å². The molecule has 2 heterocycles. The predicted molar refractivity (Wildman–Crippen MR) is 141 cm³/mol. The fourth-order valence-electron chi connectivity index (χ4n) is 3.98. The maximum atomic E-state index is 11.8. The second-order valence-electron chi connectivity index (χ2n) is 8.25. The molecular formula is C25H28N6O4S. The predicted octanol–water partition coefficient (Wildman–Crippen LogP) is 3.93. The number of nitro benzene ring substituents is 1. The first kappa shape index (κ1) is 25.3. The number of hydrazone groups is 1. The topological polar surface area (TPSA) is 113 Å². The zero-order valence-corrected chi connectivity index (χ0v) is 20.8. The first-order valence-electron chi connectivity index (χ1n) is 11.7. The van der Waals surface area contributed by atoms with Crippen molar-refractivity contribution in [3.8, 4) is 0 Å². The number of nitrogens with one attached hydrogen (secondary N) is 1. The molecule has 10 nitrogen and oxygen atoms in total. The van der Waals surface area contributed by atoms with Crippen LogP contribution < -0.4 is 10.3 Å². The van der Waals surface area contributed by atoms with E-state index in [1.165, 1.54) is 29.2 Å². The molecule has 0 saturated carbocycles. The van der Waals surface area contributed by atoms with Crippen LogP contribution in [0, 0.1) is 10.1 Å². The van der Waals surface area contributed by atoms with Gasteiger partial charge in [0.1, 0.15) is 5.69 Å². The van der Waals surface area contributed by atoms with E-state index < -0.39 is 0 Å². The van der Waals surface area contributed by atoms with E-state index in [1.54, 1.807) is 18.4 Å². The molecule has 1 saturated heterocycles. The highest BCUT2D eigenvalue weighted by molar-refractivity contribution is 7.13. The number of aromatic nitrogens is 1. The van der Waals surface area contributed by atoms with Gasteiger partial charge in [0.05, 0.1) is 29.9 Å². The van der Waals surface area contributed by atoms with Crippen molar-refractivity contribution in [2.75, 3.05) is 43.1 Å². The number of esters is 1. The second-order valence-corrected chi connectivity index (χ2v) is 9.11. The fourth-order valence-corrected chi connectivity index (χ4v) is 4.64. The van der Waals surface area contributed by atoms with Gasteiger partial charge < -0.3 is 9.64 Å². The average Bonchev–Trinajstić information content (AvgIpc) is 3.32. The SMILES string of the molecule is CCOC(=O)Cc1csc(NN=Cc2ccc(N3CCN(Cc4ccccc4)CC3)c([N+](=O)[O-])c2)n1. The molecule has 0 atom stereocenters. The zero-order chi connectivity index (χ0) is 25.3. The largest absolute Gasteiger partial charge is 0.466 e. The van der Waals surface area contributed by atoms with Gasteiger partial charge in [-0.1, -0.05) is 36.4 Å². The Morgan fingerprint density at radius 1 is 1.22 bits per heavy atom. The molecule has 2 aromatic carbocycles. The quantitative estimate of drug-likeness (QED) is 0.190. The maximum absolute atomic E-state index is 11.8. The number of ether oxygens (including phenoxy) is 1. The van der Waals surface area contributed by atoms with E-state index in [4.69, 9.17) is 4.74 Å². The molecule has 0 unspecified atom stereocenters. The average molecular weight is 509 g/mol. The summed E-state index contributed by atoms with van der Waals surface area (Å²) in [5, 5.41) is 18.2. The van der Waals surface area contributed by atoms with Gasteiger partial charge in [-0.25, -0.2) is 4.98 Å². The standard InChI is InChI=1S/C25H28N6O4S/c1-2-35-24(32)15-21-18-36-25(27-21)28-26-16-20-8-9-22(23(14-20)31(33)34)30-12-10-29(11-13-30)17-19-6-4-3-5-7-19/h3-9,14,16,18H,2,10-13,15,17H2,1H3,(H,27,28). The van der Waals surface area contributed by atoms with E-state index in [0.29, 0.717) is 28.7 Å². The van der Waals surface area contributed by atoms with Gasteiger partial charge in [-0.15, -0.1) is 11.3 Å². The molecule has 188 valence electrons. The van der Waals surface area contributed by atoms with E-state index in [-0.39, 0.29) is 23.0 Å². The highest BCUT2D eigenvalue weighted by atomic mass is 32.1. The van der Waals surface area contributed by atoms with E-state index in [0.717, 1.165) is 32.7 Å². The number of piperazine rings is 1. The van der Waals surface area contributed by atoms with Crippen molar-refractivity contribution in [3.05, 3.63) is 80.8 Å². The molecule has 1 aromatic heterocycles. The van der Waals surface area contributed by atoms with E-state index in [9.17, 15) is 14.9 Å². The smallest absolute Gasteiger partial charge is 0.311 e. The van der Waals surface area contributed by atoms with Gasteiger partial charge in [-0.2, -0.15) is 5.10 Å². The maximum Gasteiger partial charge on any atom is 0.311 e. The Kier molecular flexibility index (Phi) is 8.58. The van der Waals surface area contributed by atoms with Crippen LogP contribution in [0.15, 0.2) is 59.0 Å². The third-order valence-corrected chi connectivity index (χ3v) is 6.51. The number of thiazole rings is 1. The third kappa shape index (κ3) is 6.86. The molecule has 1 aliphatic heterocycles. The Labute approximate surface area is 213 Å². The van der Waals surface area contributed by atoms with Crippen LogP contribution in [0.25, 0.3) is 0 Å². The van der Waals surface area contributed by atoms with Gasteiger partial charge in [0, 0.05) is 49.7 Å². The van der Waals surface area contributed by atoms with E-state index >= 15 is 0 Å². The molecule has 1 N–H and O–H groups in total. The molecule has 1 fully saturated rings. The molecule has 11 heteroatoms. The van der Waals surface area contributed by atoms with E-state index in [1.807, 2.05) is 24.3 Å². The molecular weight excluding hydrogens is 480 g/mol. The molecule has 4 rings (SSSR count). The van der Waals surface area contributed by atoms with Gasteiger partial charge in [-0.05, 0) is 18.6 Å². The van der Waals surface area contributed by atoms with Gasteiger partial charge in [-0.3, -0.25) is 25.2 Å². The fraction of sp³-hybridized carbons (Fsp3) is 0.320. The molecule has 0 spiro atoms. The zero-order valence-electron chi connectivity index (χ0n) is 20.0. The Hall–Kier alpha value is -3.83. The minimum atomic E-state index is -0.348. The minimum Gasteiger partial charge on any atom is -0.466 e. The van der Waals surface area contributed by atoms with Crippen LogP contribution in [-0.4, -0.2) is 59.8 Å². The minimum absolute atomic E-state index is 0.0569. The van der Waals surface area contributed by atoms with E-state index in [2.05, 4.69) is 37.4 Å². The highest BCUT2D eigenvalue weighted by Crippen LogP contribution is 2.30. The number of carbonyl (C=O) groups excluding carboxylic acids is 1. The summed E-state index contributed by atoms with van der Waals surface area (Å²) in [6.45, 7) is 6.08. The molecule has 0 amide bonds. The van der Waals surface area contributed by atoms with Crippen LogP contribution >= 0.6 is 11.3 Å². The normalized spacial score (nSPS) is 14.2. The molecule has 3 aromatic rings. The van der Waals surface area contributed by atoms with Crippen LogP contribution in [-0.2, 0) is 22.5 Å². The molecule has 36 heavy (non-hydrogen) atoms. The van der Waals surface area contributed by atoms with Crippen LogP contribution in [0.1, 0.15) is 23.7 Å². The first-order chi connectivity index (χ1) is 17.5. The number of rotatable bonds is 10. The summed E-state index contributed by atoms with van der Waals surface area (Å²) in [6, 6.07) is 15.4. The van der Waals surface area contributed by atoms with Crippen LogP contribution in [0.2, 0.25) is 0 Å². The summed E-state index contributed by atoms with van der Waals surface area (Å²) >= 11 is 1.31. The van der Waals surface area contributed by atoms with Crippen molar-refractivity contribution in [2.24, 2.45) is 5.10 Å². The lowest BCUT2D eigenvalue weighted by Crippen LogP contribution is -2.46. The lowest BCUT2D eigenvalue weighted by molar-refractivity contribution is -0.384. The van der Waals surface area contributed by atoms with Gasteiger partial charge >= 0.3 is 5.97 Å². The number of nitrogens with zero attached hydrogens (tertiary/aromatic N) is 5. The Morgan fingerprint density at radius 3 is 2.72 bits per heavy atom. The van der Waals surface area contributed by atoms with Gasteiger partial charge in [0.2, 0.25) is 5.13 Å². The summed E-state index contributed by atoms with van der Waals surface area (Å²) in [5.74, 6) is -0.331. The number of nitro groups is 1. The third-order valence-electron chi connectivity index (χ3n) is 5.71. The number of hydrogen-bond donors (Lipinski definition) is 1. The highest BCUT2D eigenvalue weighted by Gasteiger charge is 2.24. The summed E-state index contributed by atoms with van der Waals surface area (Å²) in [6.07, 6.45) is 1.62. The van der Waals surface area contributed by atoms with Crippen LogP contribution in [0.4, 0.5) is 16.5 Å². The number of hydrogen-bond acceptors (Lipinski definition) is 10. The number of carbonyl (C=O) groups is 1. The molecule has 0 radical (unpaired) electrons.